The molecule has 4 aliphatic heterocycles. The maximum Gasteiger partial charge on any atom is 0.147 e. The summed E-state index contributed by atoms with van der Waals surface area (Å²) in [5.41, 5.74) is 24.2. The molecule has 1 aliphatic carbocycles. The van der Waals surface area contributed by atoms with E-state index in [0.717, 1.165) is 281 Å². The number of nitrogens with one attached hydrogen (secondary N) is 3. The fourth-order valence-corrected chi connectivity index (χ4v) is 18.5. The summed E-state index contributed by atoms with van der Waals surface area (Å²) in [6, 6.07) is 71.2. The monoisotopic (exact) mass is 1960 g/mol. The van der Waals surface area contributed by atoms with Gasteiger partial charge < -0.3 is 35.2 Å². The number of benzene rings is 5. The molecule has 1 saturated carbocycles. The topological polar surface area (TPSA) is 286 Å². The lowest BCUT2D eigenvalue weighted by atomic mass is 9.99. The normalized spacial score (nSPS) is 14.3. The van der Waals surface area contributed by atoms with E-state index >= 15 is 0 Å². The highest BCUT2D eigenvalue weighted by Gasteiger charge is 2.27. The Morgan fingerprint density at radius 1 is 0.299 bits per heavy atom. The quantitative estimate of drug-likeness (QED) is 0.0568. The third kappa shape index (κ3) is 23.7. The van der Waals surface area contributed by atoms with Crippen LogP contribution in [0, 0.1) is 39.4 Å². The van der Waals surface area contributed by atoms with Crippen molar-refractivity contribution in [3.8, 4) is 85.4 Å². The second kappa shape index (κ2) is 47.1. The standard InChI is InChI=1S/C24H26N6O.C24H25N5.C23H23FN6O.C22H21N5.C21H19N5.3CH4/c1-18-2-5-20(6-3-18)30-22-17-25-9-8-21(22)28-24(30)19-4-7-23(27-16-19)26-10-11-29-12-14-31-15-13-29;1-17-3-6-20(7-4-17)29-22-16-25-12-9-21(22)27-24(29)19-5-8-23(26-15-19)28-13-10-18(2)11-14-28;24-18-2-4-19(5-3-18)30-21-16-25-8-7-20(21)28-23(30)17-1-6-22(27-15-17)26-9-10-29-11-13-31-14-12-29;1-16-4-7-18(8-5-16)27-20-15-23-11-10-19(20)25-22(27)17-6-9-21(24-14-17)26-12-2-3-13-26;1-14-2-7-17(8-3-14)26-19-13-22-11-10-18(19)25-21(26)15-4-9-20(23-12-15)24-16-5-6-16;;;/h2-9,16-17H,10-15H2,1H3,(H,26,27);3-9,12,15-16,18H,10-11,13-14H2,1-2H3;1-8,15-16H,9-14H2,(H,26,27);4-11,14-15H,2-3,12-13H2,1H3;2-4,7-13,16H,5-6H2,1H3,(H,23,24);3*1H4. The zero-order valence-electron chi connectivity index (χ0n) is 81.5. The zero-order chi connectivity index (χ0) is 97.6. The van der Waals surface area contributed by atoms with Gasteiger partial charge in [-0.05, 0) is 236 Å². The number of fused-ring (bicyclic) bond motifs is 5. The van der Waals surface area contributed by atoms with E-state index in [9.17, 15) is 4.39 Å². The van der Waals surface area contributed by atoms with Crippen molar-refractivity contribution in [1.29, 1.82) is 0 Å². The molecule has 29 nitrogen and oxygen atoms in total. The lowest BCUT2D eigenvalue weighted by Crippen LogP contribution is -2.39. The van der Waals surface area contributed by atoms with Gasteiger partial charge in [0.25, 0.3) is 0 Å². The number of hydrogen-bond acceptors (Lipinski definition) is 24. The lowest BCUT2D eigenvalue weighted by Gasteiger charge is -2.31. The summed E-state index contributed by atoms with van der Waals surface area (Å²) in [7, 11) is 0. The summed E-state index contributed by atoms with van der Waals surface area (Å²) in [4.78, 5) is 78.5. The lowest BCUT2D eigenvalue weighted by molar-refractivity contribution is 0.0398. The van der Waals surface area contributed by atoms with Gasteiger partial charge in [-0.1, -0.05) is 100.0 Å². The van der Waals surface area contributed by atoms with Crippen molar-refractivity contribution in [2.24, 2.45) is 5.92 Å². The summed E-state index contributed by atoms with van der Waals surface area (Å²) in [5, 5.41) is 10.2. The summed E-state index contributed by atoms with van der Waals surface area (Å²) in [5.74, 6) is 9.52. The molecule has 0 unspecified atom stereocenters. The number of piperidine rings is 1. The van der Waals surface area contributed by atoms with Gasteiger partial charge in [0.15, 0.2) is 0 Å². The van der Waals surface area contributed by atoms with Crippen LogP contribution in [0.25, 0.3) is 141 Å². The van der Waals surface area contributed by atoms with Crippen LogP contribution in [0.3, 0.4) is 0 Å². The average Bonchev–Trinajstić information content (AvgIpc) is 1.64. The van der Waals surface area contributed by atoms with Gasteiger partial charge in [0, 0.05) is 203 Å². The van der Waals surface area contributed by atoms with Crippen LogP contribution in [0.15, 0.2) is 305 Å². The first-order valence-electron chi connectivity index (χ1n) is 49.6. The second-order valence-electron chi connectivity index (χ2n) is 37.1. The molecular formula is C117H126FN27O2. The first kappa shape index (κ1) is 101. The van der Waals surface area contributed by atoms with Gasteiger partial charge in [-0.3, -0.25) is 57.6 Å². The largest absolute Gasteiger partial charge is 0.379 e. The van der Waals surface area contributed by atoms with Crippen molar-refractivity contribution in [1.82, 2.24) is 107 Å². The molecular weight excluding hydrogens is 1830 g/mol. The Morgan fingerprint density at radius 3 is 0.857 bits per heavy atom. The number of aryl methyl sites for hydroxylation is 4. The Hall–Kier alpha value is -16.3. The number of hydrogen-bond donors (Lipinski definition) is 3. The Labute approximate surface area is 857 Å². The highest BCUT2D eigenvalue weighted by molar-refractivity contribution is 5.87. The minimum absolute atomic E-state index is 0. The van der Waals surface area contributed by atoms with Gasteiger partial charge in [0.05, 0.1) is 113 Å². The number of halogens is 1. The van der Waals surface area contributed by atoms with Gasteiger partial charge in [0.2, 0.25) is 0 Å². The van der Waals surface area contributed by atoms with Crippen molar-refractivity contribution >= 4 is 84.3 Å². The van der Waals surface area contributed by atoms with Crippen LogP contribution in [0.4, 0.5) is 33.5 Å². The second-order valence-corrected chi connectivity index (χ2v) is 37.1. The molecule has 20 aromatic rings. The molecule has 3 N–H and O–H groups in total. The molecule has 5 aromatic carbocycles. The highest BCUT2D eigenvalue weighted by atomic mass is 19.1. The molecule has 25 rings (SSSR count). The van der Waals surface area contributed by atoms with E-state index in [-0.39, 0.29) is 28.1 Å². The van der Waals surface area contributed by atoms with Crippen molar-refractivity contribution < 1.29 is 13.9 Å². The van der Waals surface area contributed by atoms with E-state index in [1.165, 1.54) is 72.9 Å². The molecule has 4 saturated heterocycles. The predicted molar refractivity (Wildman–Crippen MR) is 590 cm³/mol. The molecule has 0 amide bonds. The zero-order valence-corrected chi connectivity index (χ0v) is 81.5. The summed E-state index contributed by atoms with van der Waals surface area (Å²) >= 11 is 0. The van der Waals surface area contributed by atoms with Gasteiger partial charge in [0.1, 0.15) is 64.0 Å². The van der Waals surface area contributed by atoms with E-state index < -0.39 is 0 Å². The van der Waals surface area contributed by atoms with Gasteiger partial charge in [-0.25, -0.2) is 54.2 Å². The van der Waals surface area contributed by atoms with E-state index in [0.29, 0.717) is 6.04 Å². The summed E-state index contributed by atoms with van der Waals surface area (Å²) in [6.45, 7) is 25.9. The maximum atomic E-state index is 13.5. The Kier molecular flexibility index (Phi) is 32.3. The van der Waals surface area contributed by atoms with Crippen molar-refractivity contribution in [2.75, 3.05) is 131 Å². The fourth-order valence-electron chi connectivity index (χ4n) is 18.5. The van der Waals surface area contributed by atoms with E-state index in [1.54, 1.807) is 49.3 Å². The average molecular weight is 1960 g/mol. The summed E-state index contributed by atoms with van der Waals surface area (Å²) < 4.78 is 34.8. The number of morpholine rings is 2. The third-order valence-corrected chi connectivity index (χ3v) is 26.8. The molecule has 5 aliphatic rings. The van der Waals surface area contributed by atoms with Crippen molar-refractivity contribution in [3.05, 3.63) is 333 Å². The Balaban J connectivity index is 0.000000120. The molecule has 0 spiro atoms. The predicted octanol–water partition coefficient (Wildman–Crippen LogP) is 22.6. The number of nitrogens with zero attached hydrogens (tertiary/aromatic N) is 24. The van der Waals surface area contributed by atoms with Crippen molar-refractivity contribution in [3.63, 3.8) is 0 Å². The van der Waals surface area contributed by atoms with Crippen molar-refractivity contribution in [2.45, 2.75) is 101 Å². The van der Waals surface area contributed by atoms with E-state index in [2.05, 4.69) is 262 Å². The van der Waals surface area contributed by atoms with Crippen LogP contribution < -0.4 is 25.8 Å². The first-order chi connectivity index (χ1) is 70.8. The molecule has 0 radical (unpaired) electrons. The number of imidazole rings is 5. The SMILES string of the molecule is C.C.C.Cc1ccc(-n2c(-c3ccc(N4CCC(C)CC4)nc3)nc3ccncc32)cc1.Cc1ccc(-n2c(-c3ccc(N4CCCC4)nc3)nc3ccncc32)cc1.Cc1ccc(-n2c(-c3ccc(NC4CC4)nc3)nc3ccncc32)cc1.Cc1ccc(-n2c(-c3ccc(NCCN4CCOCC4)nc3)nc3ccncc32)cc1.Fc1ccc(-n2c(-c3ccc(NCCN4CCOCC4)nc3)nc3ccncc32)cc1. The highest BCUT2D eigenvalue weighted by Crippen LogP contribution is 2.37. The van der Waals surface area contributed by atoms with Crippen LogP contribution in [0.5, 0.6) is 0 Å². The van der Waals surface area contributed by atoms with E-state index in [4.69, 9.17) is 44.4 Å². The molecule has 0 atom stereocenters. The van der Waals surface area contributed by atoms with Crippen LogP contribution in [0.1, 0.15) is 90.0 Å². The summed E-state index contributed by atoms with van der Waals surface area (Å²) in [6.07, 6.45) is 35.0. The minimum atomic E-state index is -0.276. The molecule has 15 aromatic heterocycles. The van der Waals surface area contributed by atoms with Crippen LogP contribution in [-0.4, -0.2) is 218 Å². The van der Waals surface area contributed by atoms with Crippen LogP contribution in [0.2, 0.25) is 0 Å². The number of rotatable bonds is 22. The van der Waals surface area contributed by atoms with E-state index in [1.807, 2.05) is 115 Å². The van der Waals surface area contributed by atoms with Crippen LogP contribution >= 0.6 is 0 Å². The van der Waals surface area contributed by atoms with Gasteiger partial charge in [-0.2, -0.15) is 0 Å². The molecule has 5 fully saturated rings. The number of ether oxygens (including phenoxy) is 2. The Bertz CT molecular complexity index is 7500. The third-order valence-electron chi connectivity index (χ3n) is 26.8. The fraction of sp³-hybridized carbons (Fsp3) is 0.274. The molecule has 147 heavy (non-hydrogen) atoms. The van der Waals surface area contributed by atoms with Gasteiger partial charge in [-0.15, -0.1) is 0 Å². The molecule has 748 valence electrons. The molecule has 30 heteroatoms. The Morgan fingerprint density at radius 2 is 0.578 bits per heavy atom. The molecule has 19 heterocycles. The van der Waals surface area contributed by atoms with Crippen LogP contribution in [-0.2, 0) is 9.47 Å². The number of aromatic nitrogens is 20. The minimum Gasteiger partial charge on any atom is -0.379 e. The number of pyridine rings is 10. The number of anilines is 5. The molecule has 0 bridgehead atoms. The maximum absolute atomic E-state index is 13.5. The van der Waals surface area contributed by atoms with Gasteiger partial charge >= 0.3 is 0 Å². The smallest absolute Gasteiger partial charge is 0.147 e. The first-order valence-corrected chi connectivity index (χ1v) is 49.6.